The molecule has 0 unspecified atom stereocenters. The van der Waals surface area contributed by atoms with E-state index in [1.54, 1.807) is 13.0 Å². The summed E-state index contributed by atoms with van der Waals surface area (Å²) in [6.07, 6.45) is 4.92. The lowest BCUT2D eigenvalue weighted by Crippen LogP contribution is -2.77. The van der Waals surface area contributed by atoms with Gasteiger partial charge in [0.1, 0.15) is 11.2 Å². The third-order valence-electron chi connectivity index (χ3n) is 7.95. The lowest BCUT2D eigenvalue weighted by Gasteiger charge is -2.68. The average molecular weight is 393 g/mol. The maximum absolute atomic E-state index is 12.2. The van der Waals surface area contributed by atoms with E-state index in [4.69, 9.17) is 9.47 Å². The summed E-state index contributed by atoms with van der Waals surface area (Å²) in [6.45, 7) is 15.6. The van der Waals surface area contributed by atoms with Crippen molar-refractivity contribution in [2.45, 2.75) is 103 Å². The monoisotopic (exact) mass is 392 g/mol. The minimum Gasteiger partial charge on any atom is -0.455 e. The highest BCUT2D eigenvalue weighted by molar-refractivity contribution is 5.69. The van der Waals surface area contributed by atoms with Crippen molar-refractivity contribution in [2.75, 3.05) is 0 Å². The molecule has 28 heavy (non-hydrogen) atoms. The van der Waals surface area contributed by atoms with E-state index < -0.39 is 34.4 Å². The number of ether oxygens (including phenoxy) is 2. The molecule has 1 saturated carbocycles. The molecule has 0 spiro atoms. The molecular formula is C23H36O5. The maximum atomic E-state index is 12.2. The van der Waals surface area contributed by atoms with Crippen LogP contribution < -0.4 is 0 Å². The van der Waals surface area contributed by atoms with Crippen LogP contribution in [-0.4, -0.2) is 45.2 Å². The first-order chi connectivity index (χ1) is 12.8. The second-order valence-corrected chi connectivity index (χ2v) is 10.1. The number of rotatable bonds is 3. The van der Waals surface area contributed by atoms with Gasteiger partial charge in [0.05, 0.1) is 11.7 Å². The predicted molar refractivity (Wildman–Crippen MR) is 108 cm³/mol. The van der Waals surface area contributed by atoms with E-state index in [9.17, 15) is 15.0 Å². The Morgan fingerprint density at radius 2 is 1.93 bits per heavy atom. The molecule has 0 radical (unpaired) electrons. The summed E-state index contributed by atoms with van der Waals surface area (Å²) >= 11 is 0. The molecule has 0 amide bonds. The number of hydrogen-bond acceptors (Lipinski definition) is 5. The zero-order valence-electron chi connectivity index (χ0n) is 18.2. The van der Waals surface area contributed by atoms with Gasteiger partial charge in [-0.05, 0) is 51.0 Å². The molecule has 0 bridgehead atoms. The zero-order valence-corrected chi connectivity index (χ0v) is 18.2. The van der Waals surface area contributed by atoms with Gasteiger partial charge in [-0.15, -0.1) is 6.58 Å². The quantitative estimate of drug-likeness (QED) is 0.566. The van der Waals surface area contributed by atoms with Gasteiger partial charge in [-0.25, -0.2) is 0 Å². The van der Waals surface area contributed by atoms with E-state index in [-0.39, 0.29) is 17.8 Å². The lowest BCUT2D eigenvalue weighted by atomic mass is 9.45. The minimum atomic E-state index is -1.39. The molecule has 158 valence electrons. The largest absolute Gasteiger partial charge is 0.455 e. The van der Waals surface area contributed by atoms with Crippen molar-refractivity contribution in [2.24, 2.45) is 10.8 Å². The van der Waals surface area contributed by atoms with E-state index >= 15 is 0 Å². The van der Waals surface area contributed by atoms with Crippen LogP contribution in [0.1, 0.15) is 73.6 Å². The van der Waals surface area contributed by atoms with Crippen molar-refractivity contribution >= 4 is 5.97 Å². The van der Waals surface area contributed by atoms with Crippen LogP contribution in [-0.2, 0) is 14.3 Å². The van der Waals surface area contributed by atoms with E-state index in [0.717, 1.165) is 12.0 Å². The van der Waals surface area contributed by atoms with E-state index in [1.165, 1.54) is 0 Å². The second kappa shape index (κ2) is 6.41. The van der Waals surface area contributed by atoms with Crippen molar-refractivity contribution in [1.29, 1.82) is 0 Å². The third-order valence-corrected chi connectivity index (χ3v) is 7.95. The summed E-state index contributed by atoms with van der Waals surface area (Å²) in [5.74, 6) is -0.335. The first kappa shape index (κ1) is 21.5. The van der Waals surface area contributed by atoms with Crippen LogP contribution >= 0.6 is 0 Å². The van der Waals surface area contributed by atoms with Gasteiger partial charge in [0.15, 0.2) is 6.10 Å². The Hall–Kier alpha value is -1.17. The summed E-state index contributed by atoms with van der Waals surface area (Å²) in [5, 5.41) is 23.4. The fourth-order valence-electron chi connectivity index (χ4n) is 5.89. The fourth-order valence-corrected chi connectivity index (χ4v) is 5.89. The molecular weight excluding hydrogens is 356 g/mol. The fraction of sp³-hybridized carbons (Fsp3) is 0.783. The molecule has 5 heteroatoms. The molecule has 0 aromatic carbocycles. The van der Waals surface area contributed by atoms with Crippen LogP contribution in [0.2, 0.25) is 0 Å². The molecule has 1 aliphatic heterocycles. The molecule has 2 aliphatic carbocycles. The number of hydrogen-bond donors (Lipinski definition) is 2. The van der Waals surface area contributed by atoms with Gasteiger partial charge in [-0.1, -0.05) is 39.3 Å². The van der Waals surface area contributed by atoms with Crippen LogP contribution in [0.3, 0.4) is 0 Å². The van der Waals surface area contributed by atoms with Crippen LogP contribution in [0.5, 0.6) is 0 Å². The standard InChI is InChI=1S/C23H36O5/c1-8-18(25)27-17-14-15-19(3,4)11-10-16(24)21(15,6)23(26)13-12-20(5,9-2)28-22(17,23)7/h9,14,16-17,24,26H,2,8,10-13H2,1,3-7H3/t16-,17-,20-,21+,22+,23-/m0/s1. The second-order valence-electron chi connectivity index (χ2n) is 10.1. The molecule has 5 nitrogen and oxygen atoms in total. The van der Waals surface area contributed by atoms with Crippen LogP contribution in [0.15, 0.2) is 24.3 Å². The first-order valence-electron chi connectivity index (χ1n) is 10.5. The van der Waals surface area contributed by atoms with E-state index in [1.807, 2.05) is 26.8 Å². The molecule has 1 saturated heterocycles. The molecule has 3 aliphatic rings. The Balaban J connectivity index is 2.25. The number of aliphatic hydroxyl groups is 2. The van der Waals surface area contributed by atoms with Gasteiger partial charge in [0.25, 0.3) is 0 Å². The number of aliphatic hydroxyl groups excluding tert-OH is 1. The van der Waals surface area contributed by atoms with Crippen molar-refractivity contribution in [3.8, 4) is 0 Å². The van der Waals surface area contributed by atoms with Crippen LogP contribution in [0.4, 0.5) is 0 Å². The minimum absolute atomic E-state index is 0.221. The number of fused-ring (bicyclic) bond motifs is 3. The van der Waals surface area contributed by atoms with Crippen molar-refractivity contribution < 1.29 is 24.5 Å². The van der Waals surface area contributed by atoms with Crippen LogP contribution in [0, 0.1) is 10.8 Å². The Kier molecular flexibility index (Phi) is 4.93. The topological polar surface area (TPSA) is 76.0 Å². The highest BCUT2D eigenvalue weighted by Crippen LogP contribution is 2.65. The third kappa shape index (κ3) is 2.66. The molecule has 6 atom stereocenters. The van der Waals surface area contributed by atoms with Crippen molar-refractivity contribution in [3.63, 3.8) is 0 Å². The van der Waals surface area contributed by atoms with E-state index in [2.05, 4.69) is 20.4 Å². The molecule has 2 N–H and O–H groups in total. The predicted octanol–water partition coefficient (Wildman–Crippen LogP) is 3.68. The maximum Gasteiger partial charge on any atom is 0.306 e. The summed E-state index contributed by atoms with van der Waals surface area (Å²) in [4.78, 5) is 12.2. The van der Waals surface area contributed by atoms with Gasteiger partial charge in [0, 0.05) is 11.8 Å². The highest BCUT2D eigenvalue weighted by Gasteiger charge is 2.73. The van der Waals surface area contributed by atoms with Crippen LogP contribution in [0.25, 0.3) is 0 Å². The molecule has 0 aromatic heterocycles. The molecule has 2 fully saturated rings. The smallest absolute Gasteiger partial charge is 0.306 e. The summed E-state index contributed by atoms with van der Waals surface area (Å²) in [5.41, 5.74) is -3.39. The number of carbonyl (C=O) groups excluding carboxylic acids is 1. The lowest BCUT2D eigenvalue weighted by molar-refractivity contribution is -0.327. The normalized spacial score (nSPS) is 47.4. The molecule has 1 heterocycles. The van der Waals surface area contributed by atoms with E-state index in [0.29, 0.717) is 19.3 Å². The Morgan fingerprint density at radius 3 is 2.50 bits per heavy atom. The van der Waals surface area contributed by atoms with Gasteiger partial charge in [-0.3, -0.25) is 4.79 Å². The highest BCUT2D eigenvalue weighted by atomic mass is 16.6. The summed E-state index contributed by atoms with van der Waals surface area (Å²) in [7, 11) is 0. The Labute approximate surface area is 168 Å². The SMILES string of the molecule is C=C[C@@]1(C)CC[C@@]2(O)[C@](C)(O1)[C@@H](OC(=O)CC)C=C1C(C)(C)CC[C@H](O)[C@@]12C. The Bertz CT molecular complexity index is 712. The number of esters is 1. The van der Waals surface area contributed by atoms with Gasteiger partial charge >= 0.3 is 5.97 Å². The Morgan fingerprint density at radius 1 is 1.29 bits per heavy atom. The first-order valence-corrected chi connectivity index (χ1v) is 10.5. The van der Waals surface area contributed by atoms with Gasteiger partial charge < -0.3 is 19.7 Å². The molecule has 0 aromatic rings. The molecule has 3 rings (SSSR count). The van der Waals surface area contributed by atoms with Crippen molar-refractivity contribution in [1.82, 2.24) is 0 Å². The average Bonchev–Trinajstić information content (AvgIpc) is 2.63. The summed E-state index contributed by atoms with van der Waals surface area (Å²) in [6, 6.07) is 0. The van der Waals surface area contributed by atoms with Gasteiger partial charge in [0.2, 0.25) is 0 Å². The van der Waals surface area contributed by atoms with Crippen molar-refractivity contribution in [3.05, 3.63) is 24.3 Å². The summed E-state index contributed by atoms with van der Waals surface area (Å²) < 4.78 is 12.3. The van der Waals surface area contributed by atoms with Gasteiger partial charge in [-0.2, -0.15) is 0 Å². The zero-order chi connectivity index (χ0) is 21.2. The number of carbonyl (C=O) groups is 1.